The van der Waals surface area contributed by atoms with E-state index >= 15 is 0 Å². The quantitative estimate of drug-likeness (QED) is 0.579. The van der Waals surface area contributed by atoms with Gasteiger partial charge >= 0.3 is 0 Å². The third kappa shape index (κ3) is 2.98. The average molecular weight is 378 g/mol. The molecule has 1 aromatic carbocycles. The van der Waals surface area contributed by atoms with Crippen LogP contribution in [0.3, 0.4) is 0 Å². The minimum atomic E-state index is -0.559. The number of aryl methyl sites for hydroxylation is 1. The van der Waals surface area contributed by atoms with E-state index in [4.69, 9.17) is 4.42 Å². The van der Waals surface area contributed by atoms with Crippen LogP contribution in [-0.4, -0.2) is 26.3 Å². The molecule has 0 saturated carbocycles. The number of fused-ring (bicyclic) bond motifs is 3. The number of carbonyl (C=O) groups is 1. The molecule has 1 amide bonds. The zero-order valence-corrected chi connectivity index (χ0v) is 16.0. The number of rotatable bonds is 5. The van der Waals surface area contributed by atoms with Crippen LogP contribution in [0.1, 0.15) is 25.6 Å². The van der Waals surface area contributed by atoms with Crippen molar-refractivity contribution in [3.05, 3.63) is 65.0 Å². The first-order valence-electron chi connectivity index (χ1n) is 9.25. The van der Waals surface area contributed by atoms with E-state index in [9.17, 15) is 9.59 Å². The fourth-order valence-electron chi connectivity index (χ4n) is 3.65. The minimum absolute atomic E-state index is 0.0984. The van der Waals surface area contributed by atoms with Crippen LogP contribution in [0.4, 0.5) is 0 Å². The molecule has 0 aliphatic heterocycles. The molecule has 3 aromatic heterocycles. The van der Waals surface area contributed by atoms with E-state index in [0.29, 0.717) is 11.9 Å². The Balaban J connectivity index is 1.73. The highest BCUT2D eigenvalue weighted by Gasteiger charge is 2.24. The van der Waals surface area contributed by atoms with Gasteiger partial charge < -0.3 is 14.3 Å². The molecular formula is C21H22N4O3. The van der Waals surface area contributed by atoms with Crippen molar-refractivity contribution in [1.82, 2.24) is 19.7 Å². The molecule has 0 fully saturated rings. The van der Waals surface area contributed by atoms with Gasteiger partial charge in [0, 0.05) is 30.3 Å². The highest BCUT2D eigenvalue weighted by atomic mass is 16.3. The predicted molar refractivity (Wildman–Crippen MR) is 107 cm³/mol. The smallest absolute Gasteiger partial charge is 0.291 e. The second-order valence-electron chi connectivity index (χ2n) is 7.09. The molecule has 0 unspecified atom stereocenters. The Kier molecular flexibility index (Phi) is 4.50. The van der Waals surface area contributed by atoms with Gasteiger partial charge in [0.2, 0.25) is 5.91 Å². The minimum Gasteiger partial charge on any atom is -0.469 e. The van der Waals surface area contributed by atoms with E-state index < -0.39 is 6.04 Å². The number of amides is 1. The number of carbonyl (C=O) groups excluding carboxylic acids is 1. The zero-order chi connectivity index (χ0) is 19.8. The SMILES string of the molecule is C[C@H](Cc1ccco1)NC(=O)[C@@H](C)n1c2ccccc2c2cnn(C)c(=O)c21. The van der Waals surface area contributed by atoms with E-state index in [1.165, 1.54) is 4.68 Å². The lowest BCUT2D eigenvalue weighted by Crippen LogP contribution is -2.38. The maximum Gasteiger partial charge on any atom is 0.291 e. The summed E-state index contributed by atoms with van der Waals surface area (Å²) in [5.41, 5.74) is 1.10. The molecule has 4 rings (SSSR count). The Hall–Kier alpha value is -3.35. The van der Waals surface area contributed by atoms with Crippen molar-refractivity contribution >= 4 is 27.7 Å². The summed E-state index contributed by atoms with van der Waals surface area (Å²) in [5.74, 6) is 0.665. The van der Waals surface area contributed by atoms with Crippen molar-refractivity contribution in [3.63, 3.8) is 0 Å². The number of hydrogen-bond acceptors (Lipinski definition) is 4. The first-order valence-corrected chi connectivity index (χ1v) is 9.25. The second kappa shape index (κ2) is 6.99. The van der Waals surface area contributed by atoms with Gasteiger partial charge in [0.1, 0.15) is 17.3 Å². The lowest BCUT2D eigenvalue weighted by Gasteiger charge is -2.19. The lowest BCUT2D eigenvalue weighted by molar-refractivity contribution is -0.124. The van der Waals surface area contributed by atoms with Crippen LogP contribution in [0, 0.1) is 0 Å². The molecular weight excluding hydrogens is 356 g/mol. The molecule has 0 radical (unpaired) electrons. The third-order valence-corrected chi connectivity index (χ3v) is 5.05. The molecule has 0 aliphatic carbocycles. The molecule has 2 atom stereocenters. The Labute approximate surface area is 161 Å². The summed E-state index contributed by atoms with van der Waals surface area (Å²) < 4.78 is 8.46. The van der Waals surface area contributed by atoms with Crippen molar-refractivity contribution in [3.8, 4) is 0 Å². The Morgan fingerprint density at radius 1 is 1.18 bits per heavy atom. The maximum absolute atomic E-state index is 13.0. The molecule has 0 bridgehead atoms. The van der Waals surface area contributed by atoms with E-state index in [1.54, 1.807) is 26.4 Å². The third-order valence-electron chi connectivity index (χ3n) is 5.05. The summed E-state index contributed by atoms with van der Waals surface area (Å²) in [6.45, 7) is 3.74. The fourth-order valence-corrected chi connectivity index (χ4v) is 3.65. The van der Waals surface area contributed by atoms with Crippen LogP contribution in [-0.2, 0) is 18.3 Å². The number of furan rings is 1. The first kappa shape index (κ1) is 18.0. The number of benzene rings is 1. The number of hydrogen-bond donors (Lipinski definition) is 1. The predicted octanol–water partition coefficient (Wildman–Crippen LogP) is 2.79. The van der Waals surface area contributed by atoms with E-state index in [0.717, 1.165) is 22.0 Å². The monoisotopic (exact) mass is 378 g/mol. The molecule has 0 saturated heterocycles. The molecule has 1 N–H and O–H groups in total. The Morgan fingerprint density at radius 2 is 1.96 bits per heavy atom. The van der Waals surface area contributed by atoms with Gasteiger partial charge in [-0.25, -0.2) is 4.68 Å². The number of aromatic nitrogens is 3. The van der Waals surface area contributed by atoms with Crippen LogP contribution in [0.2, 0.25) is 0 Å². The van der Waals surface area contributed by atoms with Crippen molar-refractivity contribution in [2.24, 2.45) is 7.05 Å². The molecule has 0 aliphatic rings. The molecule has 7 nitrogen and oxygen atoms in total. The summed E-state index contributed by atoms with van der Waals surface area (Å²) >= 11 is 0. The van der Waals surface area contributed by atoms with Gasteiger partial charge in [0.15, 0.2) is 0 Å². The highest BCUT2D eigenvalue weighted by Crippen LogP contribution is 2.29. The van der Waals surface area contributed by atoms with E-state index in [1.807, 2.05) is 47.9 Å². The van der Waals surface area contributed by atoms with Crippen LogP contribution >= 0.6 is 0 Å². The molecule has 144 valence electrons. The number of para-hydroxylation sites is 1. The topological polar surface area (TPSA) is 82.1 Å². The van der Waals surface area contributed by atoms with Gasteiger partial charge in [0.25, 0.3) is 5.56 Å². The lowest BCUT2D eigenvalue weighted by atomic mass is 10.2. The zero-order valence-electron chi connectivity index (χ0n) is 16.0. The second-order valence-corrected chi connectivity index (χ2v) is 7.09. The van der Waals surface area contributed by atoms with Gasteiger partial charge in [-0.1, -0.05) is 18.2 Å². The standard InChI is InChI=1S/C21H22N4O3/c1-13(11-15-7-6-10-28-15)23-20(26)14(2)25-18-9-5-4-8-16(18)17-12-22-24(3)21(27)19(17)25/h4-10,12-14H,11H2,1-3H3,(H,23,26)/t13-,14-/m1/s1. The summed E-state index contributed by atoms with van der Waals surface area (Å²) in [5, 5.41) is 8.83. The molecule has 7 heteroatoms. The largest absolute Gasteiger partial charge is 0.469 e. The average Bonchev–Trinajstić information content (AvgIpc) is 3.30. The Bertz CT molecular complexity index is 1200. The van der Waals surface area contributed by atoms with Crippen LogP contribution in [0.25, 0.3) is 21.8 Å². The van der Waals surface area contributed by atoms with Gasteiger partial charge in [-0.3, -0.25) is 9.59 Å². The summed E-state index contributed by atoms with van der Waals surface area (Å²) in [4.78, 5) is 25.8. The van der Waals surface area contributed by atoms with Gasteiger partial charge in [-0.2, -0.15) is 5.10 Å². The first-order chi connectivity index (χ1) is 13.5. The number of nitrogens with one attached hydrogen (secondary N) is 1. The van der Waals surface area contributed by atoms with Gasteiger partial charge in [0.05, 0.1) is 18.0 Å². The molecule has 28 heavy (non-hydrogen) atoms. The summed E-state index contributed by atoms with van der Waals surface area (Å²) in [6.07, 6.45) is 3.90. The van der Waals surface area contributed by atoms with E-state index in [-0.39, 0.29) is 17.5 Å². The summed E-state index contributed by atoms with van der Waals surface area (Å²) in [7, 11) is 1.61. The number of nitrogens with zero attached hydrogens (tertiary/aromatic N) is 3. The maximum atomic E-state index is 13.0. The summed E-state index contributed by atoms with van der Waals surface area (Å²) in [6, 6.07) is 10.7. The van der Waals surface area contributed by atoms with Gasteiger partial charge in [-0.05, 0) is 32.0 Å². The highest BCUT2D eigenvalue weighted by molar-refractivity contribution is 6.08. The van der Waals surface area contributed by atoms with Crippen LogP contribution in [0.5, 0.6) is 0 Å². The molecule has 4 aromatic rings. The van der Waals surface area contributed by atoms with Crippen molar-refractivity contribution in [2.45, 2.75) is 32.4 Å². The van der Waals surface area contributed by atoms with E-state index in [2.05, 4.69) is 10.4 Å². The van der Waals surface area contributed by atoms with Crippen molar-refractivity contribution < 1.29 is 9.21 Å². The van der Waals surface area contributed by atoms with Crippen molar-refractivity contribution in [1.29, 1.82) is 0 Å². The molecule has 3 heterocycles. The van der Waals surface area contributed by atoms with Crippen molar-refractivity contribution in [2.75, 3.05) is 0 Å². The molecule has 0 spiro atoms. The fraction of sp³-hybridized carbons (Fsp3) is 0.286. The van der Waals surface area contributed by atoms with Gasteiger partial charge in [-0.15, -0.1) is 0 Å². The normalized spacial score (nSPS) is 13.7. The Morgan fingerprint density at radius 3 is 2.71 bits per heavy atom. The van der Waals surface area contributed by atoms with Crippen LogP contribution in [0.15, 0.2) is 58.1 Å². The van der Waals surface area contributed by atoms with Crippen LogP contribution < -0.4 is 10.9 Å².